The van der Waals surface area contributed by atoms with Crippen LogP contribution < -0.4 is 10.1 Å². The Hall–Kier alpha value is -3.37. The topological polar surface area (TPSA) is 104 Å². The molecule has 2 N–H and O–H groups in total. The minimum atomic E-state index is -0.723. The Bertz CT molecular complexity index is 1210. The van der Waals surface area contributed by atoms with Crippen molar-refractivity contribution < 1.29 is 28.6 Å². The van der Waals surface area contributed by atoms with Gasteiger partial charge in [0.2, 0.25) is 5.91 Å². The number of piperazine rings is 1. The van der Waals surface area contributed by atoms with Crippen LogP contribution in [0.15, 0.2) is 30.9 Å². The highest BCUT2D eigenvalue weighted by Crippen LogP contribution is 2.45. The maximum atomic E-state index is 14.8. The van der Waals surface area contributed by atoms with Crippen molar-refractivity contribution in [1.82, 2.24) is 14.8 Å². The van der Waals surface area contributed by atoms with E-state index in [9.17, 15) is 19.1 Å². The van der Waals surface area contributed by atoms with Gasteiger partial charge in [0.1, 0.15) is 40.3 Å². The molecule has 0 saturated carbocycles. The summed E-state index contributed by atoms with van der Waals surface area (Å²) in [6.45, 7) is 7.17. The molecule has 184 valence electrons. The van der Waals surface area contributed by atoms with Crippen molar-refractivity contribution in [3.8, 4) is 22.8 Å². The van der Waals surface area contributed by atoms with Gasteiger partial charge in [-0.2, -0.15) is 0 Å². The average Bonchev–Trinajstić information content (AvgIpc) is 2.96. The molecule has 0 unspecified atom stereocenters. The molecule has 35 heavy (non-hydrogen) atoms. The number of pyridine rings is 1. The number of nitrogens with one attached hydrogen (secondary N) is 1. The first-order valence-electron chi connectivity index (χ1n) is 11.1. The molecule has 0 spiro atoms. The molecule has 5 rings (SSSR count). The lowest BCUT2D eigenvalue weighted by atomic mass is 9.99. The van der Waals surface area contributed by atoms with Crippen LogP contribution in [0.1, 0.15) is 17.3 Å². The Morgan fingerprint density at radius 2 is 2.14 bits per heavy atom. The average molecular weight is 503 g/mol. The van der Waals surface area contributed by atoms with Crippen LogP contribution in [-0.4, -0.2) is 82.7 Å². The van der Waals surface area contributed by atoms with E-state index < -0.39 is 17.4 Å². The van der Waals surface area contributed by atoms with Gasteiger partial charge in [-0.05, 0) is 25.1 Å². The molecule has 0 bridgehead atoms. The smallest absolute Gasteiger partial charge is 0.261 e. The Balaban J connectivity index is 1.63. The number of phenolic OH excluding ortho intramolecular Hbond substituents is 1. The molecule has 2 saturated heterocycles. The second-order valence-electron chi connectivity index (χ2n) is 9.09. The van der Waals surface area contributed by atoms with Crippen molar-refractivity contribution in [2.75, 3.05) is 44.8 Å². The number of ether oxygens (including phenoxy) is 2. The number of hydrogen-bond acceptors (Lipinski definition) is 7. The van der Waals surface area contributed by atoms with E-state index in [0.29, 0.717) is 26.3 Å². The van der Waals surface area contributed by atoms with E-state index >= 15 is 0 Å². The summed E-state index contributed by atoms with van der Waals surface area (Å²) in [5, 5.41) is 13.5. The van der Waals surface area contributed by atoms with Gasteiger partial charge in [0.25, 0.3) is 5.91 Å². The Morgan fingerprint density at radius 1 is 1.37 bits per heavy atom. The number of rotatable bonds is 4. The molecule has 0 radical (unpaired) electrons. The van der Waals surface area contributed by atoms with E-state index in [0.717, 1.165) is 0 Å². The zero-order valence-electron chi connectivity index (χ0n) is 19.0. The number of nitrogens with zero attached hydrogens (tertiary/aromatic N) is 3. The molecule has 3 aliphatic heterocycles. The highest BCUT2D eigenvalue weighted by molar-refractivity contribution is 6.35. The first-order chi connectivity index (χ1) is 16.7. The molecular weight excluding hydrogens is 479 g/mol. The third-order valence-electron chi connectivity index (χ3n) is 6.45. The molecule has 3 aliphatic rings. The maximum Gasteiger partial charge on any atom is 0.261 e. The molecule has 0 aliphatic carbocycles. The van der Waals surface area contributed by atoms with Crippen LogP contribution in [0.25, 0.3) is 11.3 Å². The van der Waals surface area contributed by atoms with E-state index in [-0.39, 0.29) is 64.1 Å². The molecule has 1 atom stereocenters. The lowest BCUT2D eigenvalue weighted by molar-refractivity contribution is -0.128. The summed E-state index contributed by atoms with van der Waals surface area (Å²) in [5.74, 6) is -1.46. The summed E-state index contributed by atoms with van der Waals surface area (Å²) in [6.07, 6.45) is 1.24. The minimum absolute atomic E-state index is 0.0478. The number of carbonyl (C=O) groups is 2. The number of phenols is 1. The van der Waals surface area contributed by atoms with Crippen molar-refractivity contribution in [2.45, 2.75) is 18.5 Å². The second-order valence-corrected chi connectivity index (χ2v) is 9.47. The summed E-state index contributed by atoms with van der Waals surface area (Å²) < 4.78 is 26.2. The SMILES string of the molecule is C=CC(=O)N1CCN2C(=O)c3c(NC4(C)COC4)nc(-c4c(O)cccc4F)c(Cl)c3OC[C@H]2C1. The minimum Gasteiger partial charge on any atom is -0.507 e. The largest absolute Gasteiger partial charge is 0.507 e. The molecule has 11 heteroatoms. The van der Waals surface area contributed by atoms with Crippen LogP contribution >= 0.6 is 11.6 Å². The van der Waals surface area contributed by atoms with Gasteiger partial charge in [-0.15, -0.1) is 0 Å². The Morgan fingerprint density at radius 3 is 2.80 bits per heavy atom. The third-order valence-corrected chi connectivity index (χ3v) is 6.80. The van der Waals surface area contributed by atoms with Crippen molar-refractivity contribution in [3.05, 3.63) is 47.3 Å². The summed E-state index contributed by atoms with van der Waals surface area (Å²) in [5.41, 5.74) is -0.638. The lowest BCUT2D eigenvalue weighted by Gasteiger charge is -2.40. The monoisotopic (exact) mass is 502 g/mol. The van der Waals surface area contributed by atoms with E-state index in [4.69, 9.17) is 21.1 Å². The summed E-state index contributed by atoms with van der Waals surface area (Å²) in [6, 6.07) is 3.45. The number of aromatic nitrogens is 1. The van der Waals surface area contributed by atoms with Gasteiger partial charge in [0.15, 0.2) is 5.75 Å². The zero-order valence-corrected chi connectivity index (χ0v) is 19.8. The van der Waals surface area contributed by atoms with Crippen LogP contribution in [-0.2, 0) is 9.53 Å². The van der Waals surface area contributed by atoms with Gasteiger partial charge in [-0.1, -0.05) is 24.2 Å². The number of hydrogen-bond donors (Lipinski definition) is 2. The van der Waals surface area contributed by atoms with Gasteiger partial charge < -0.3 is 29.7 Å². The summed E-state index contributed by atoms with van der Waals surface area (Å²) in [7, 11) is 0. The van der Waals surface area contributed by atoms with Gasteiger partial charge in [0.05, 0.1) is 30.4 Å². The summed E-state index contributed by atoms with van der Waals surface area (Å²) >= 11 is 6.67. The molecule has 1 aromatic heterocycles. The zero-order chi connectivity index (χ0) is 24.9. The van der Waals surface area contributed by atoms with Gasteiger partial charge in [-0.3, -0.25) is 9.59 Å². The van der Waals surface area contributed by atoms with E-state index in [1.54, 1.807) is 9.80 Å². The maximum absolute atomic E-state index is 14.8. The van der Waals surface area contributed by atoms with Gasteiger partial charge in [0, 0.05) is 19.6 Å². The first kappa shape index (κ1) is 23.4. The predicted octanol–water partition coefficient (Wildman–Crippen LogP) is 2.68. The lowest BCUT2D eigenvalue weighted by Crippen LogP contribution is -2.57. The summed E-state index contributed by atoms with van der Waals surface area (Å²) in [4.78, 5) is 33.7. The number of fused-ring (bicyclic) bond motifs is 2. The second kappa shape index (κ2) is 8.69. The van der Waals surface area contributed by atoms with Gasteiger partial charge in [-0.25, -0.2) is 9.37 Å². The number of carbonyl (C=O) groups excluding carboxylic acids is 2. The molecule has 4 heterocycles. The Labute approximate surface area is 206 Å². The van der Waals surface area contributed by atoms with Crippen molar-refractivity contribution in [1.29, 1.82) is 0 Å². The van der Waals surface area contributed by atoms with Crippen LogP contribution in [0.3, 0.4) is 0 Å². The molecule has 1 aromatic carbocycles. The number of anilines is 1. The first-order valence-corrected chi connectivity index (χ1v) is 11.5. The van der Waals surface area contributed by atoms with Crippen LogP contribution in [0.2, 0.25) is 5.02 Å². The molecular formula is C24H24ClFN4O5. The Kier molecular flexibility index (Phi) is 5.80. The fourth-order valence-electron chi connectivity index (χ4n) is 4.56. The van der Waals surface area contributed by atoms with E-state index in [1.165, 1.54) is 24.3 Å². The molecule has 2 amide bonds. The van der Waals surface area contributed by atoms with E-state index in [1.807, 2.05) is 6.92 Å². The molecule has 9 nitrogen and oxygen atoms in total. The molecule has 2 aromatic rings. The highest BCUT2D eigenvalue weighted by atomic mass is 35.5. The van der Waals surface area contributed by atoms with E-state index in [2.05, 4.69) is 16.9 Å². The van der Waals surface area contributed by atoms with Crippen molar-refractivity contribution in [3.63, 3.8) is 0 Å². The normalized spacial score (nSPS) is 20.7. The van der Waals surface area contributed by atoms with Crippen molar-refractivity contribution in [2.24, 2.45) is 0 Å². The van der Waals surface area contributed by atoms with Crippen molar-refractivity contribution >= 4 is 29.2 Å². The number of amides is 2. The van der Waals surface area contributed by atoms with Crippen LogP contribution in [0, 0.1) is 5.82 Å². The standard InChI is InChI=1S/C24H24ClFN4O5/c1-3-16(32)29-7-8-30-13(9-29)10-35-21-18(23(30)33)22(28-24(2)11-34-12-24)27-20(19(21)25)17-14(26)5-4-6-15(17)31/h3-6,13,31H,1,7-12H2,2H3,(H,27,28)/t13-/m1/s1. The molecule has 2 fully saturated rings. The third kappa shape index (κ3) is 3.96. The number of halogens is 2. The number of benzene rings is 1. The van der Waals surface area contributed by atoms with Crippen LogP contribution in [0.5, 0.6) is 11.5 Å². The fourth-order valence-corrected chi connectivity index (χ4v) is 4.85. The fraction of sp³-hybridized carbons (Fsp3) is 0.375. The number of aromatic hydroxyl groups is 1. The van der Waals surface area contributed by atoms with Crippen LogP contribution in [0.4, 0.5) is 10.2 Å². The predicted molar refractivity (Wildman–Crippen MR) is 126 cm³/mol. The highest BCUT2D eigenvalue weighted by Gasteiger charge is 2.42. The quantitative estimate of drug-likeness (QED) is 0.619. The van der Waals surface area contributed by atoms with Gasteiger partial charge >= 0.3 is 0 Å².